The summed E-state index contributed by atoms with van der Waals surface area (Å²) in [6.07, 6.45) is -15.0. The van der Waals surface area contributed by atoms with Gasteiger partial charge in [-0.15, -0.1) is 0 Å². The molecule has 2 rings (SSSR count). The number of halogens is 8. The van der Waals surface area contributed by atoms with Gasteiger partial charge in [-0.3, -0.25) is 4.55 Å². The van der Waals surface area contributed by atoms with Gasteiger partial charge in [0, 0.05) is 0 Å². The van der Waals surface area contributed by atoms with Crippen LogP contribution in [0.1, 0.15) is 32.6 Å². The molecule has 0 aromatic rings. The molecular formula is C20H26F8O8S. The maximum absolute atomic E-state index is 13.6. The first-order valence-electron chi connectivity index (χ1n) is 10.9. The van der Waals surface area contributed by atoms with Gasteiger partial charge in [0.2, 0.25) is 0 Å². The Morgan fingerprint density at radius 2 is 1.51 bits per heavy atom. The molecule has 0 radical (unpaired) electrons. The zero-order valence-electron chi connectivity index (χ0n) is 19.3. The van der Waals surface area contributed by atoms with E-state index in [2.05, 4.69) is 16.1 Å². The molecule has 0 spiro atoms. The quantitative estimate of drug-likeness (QED) is 0.118. The number of alkyl halides is 8. The van der Waals surface area contributed by atoms with Crippen LogP contribution in [0.25, 0.3) is 0 Å². The third-order valence-corrected chi connectivity index (χ3v) is 7.50. The van der Waals surface area contributed by atoms with Crippen LogP contribution in [0.5, 0.6) is 0 Å². The number of esters is 1. The van der Waals surface area contributed by atoms with Gasteiger partial charge >= 0.3 is 33.7 Å². The number of rotatable bonds is 12. The topological polar surface area (TPSA) is 119 Å². The van der Waals surface area contributed by atoms with E-state index < -0.39 is 82.6 Å². The lowest BCUT2D eigenvalue weighted by molar-refractivity contribution is -0.408. The average Bonchev–Trinajstić information content (AvgIpc) is 3.28. The molecule has 5 atom stereocenters. The van der Waals surface area contributed by atoms with E-state index >= 15 is 0 Å². The van der Waals surface area contributed by atoms with Crippen molar-refractivity contribution in [2.45, 2.75) is 62.1 Å². The Morgan fingerprint density at radius 1 is 1.00 bits per heavy atom. The molecule has 0 aromatic carbocycles. The summed E-state index contributed by atoms with van der Waals surface area (Å²) in [6, 6.07) is 0. The third kappa shape index (κ3) is 7.10. The molecule has 216 valence electrons. The predicted octanol–water partition coefficient (Wildman–Crippen LogP) is 3.85. The Morgan fingerprint density at radius 3 is 1.95 bits per heavy atom. The fourth-order valence-corrected chi connectivity index (χ4v) is 5.15. The van der Waals surface area contributed by atoms with Gasteiger partial charge in [0.1, 0.15) is 6.61 Å². The van der Waals surface area contributed by atoms with Gasteiger partial charge in [-0.2, -0.15) is 43.5 Å². The van der Waals surface area contributed by atoms with Crippen molar-refractivity contribution in [2.75, 3.05) is 19.8 Å². The Balaban J connectivity index is 1.91. The van der Waals surface area contributed by atoms with Crippen LogP contribution in [0.4, 0.5) is 35.1 Å². The van der Waals surface area contributed by atoms with Gasteiger partial charge in [0.05, 0.1) is 18.8 Å². The standard InChI is InChI=1S/C20H26F8O8S/c1-10(7-34-9-18(21,22)37(31,32)33)16(30)35-8-15-5-12-3-13(15)4-14(12)6-17(19(23,24)25,20(26,27)28)36-11(2)29/h11-15,29H,1,3-9H2,2H3,(H,31,32,33). The first-order chi connectivity index (χ1) is 16.6. The molecule has 5 unspecified atom stereocenters. The maximum atomic E-state index is 13.6. The van der Waals surface area contributed by atoms with Crippen molar-refractivity contribution in [3.63, 3.8) is 0 Å². The summed E-state index contributed by atoms with van der Waals surface area (Å²) in [6.45, 7) is 1.01. The number of ether oxygens (including phenoxy) is 3. The summed E-state index contributed by atoms with van der Waals surface area (Å²) >= 11 is 0. The molecule has 0 aromatic heterocycles. The summed E-state index contributed by atoms with van der Waals surface area (Å²) in [5.74, 6) is -3.40. The van der Waals surface area contributed by atoms with Crippen LogP contribution in [0.2, 0.25) is 0 Å². The van der Waals surface area contributed by atoms with Crippen LogP contribution in [0.15, 0.2) is 12.2 Å². The summed E-state index contributed by atoms with van der Waals surface area (Å²) < 4.78 is 151. The fourth-order valence-electron chi connectivity index (χ4n) is 4.91. The van der Waals surface area contributed by atoms with Crippen molar-refractivity contribution >= 4 is 16.1 Å². The number of fused-ring (bicyclic) bond motifs is 2. The zero-order valence-corrected chi connectivity index (χ0v) is 20.1. The van der Waals surface area contributed by atoms with E-state index in [0.717, 1.165) is 0 Å². The van der Waals surface area contributed by atoms with Crippen LogP contribution < -0.4 is 0 Å². The van der Waals surface area contributed by atoms with Gasteiger partial charge in [0.25, 0.3) is 5.60 Å². The number of aliphatic hydroxyl groups is 1. The van der Waals surface area contributed by atoms with Crippen LogP contribution in [0, 0.1) is 23.7 Å². The summed E-state index contributed by atoms with van der Waals surface area (Å²) in [4.78, 5) is 12.0. The Kier molecular flexibility index (Phi) is 9.33. The van der Waals surface area contributed by atoms with E-state index in [9.17, 15) is 53.4 Å². The molecule has 0 aliphatic heterocycles. The molecule has 2 bridgehead atoms. The van der Waals surface area contributed by atoms with Crippen molar-refractivity contribution in [3.05, 3.63) is 12.2 Å². The van der Waals surface area contributed by atoms with Crippen LogP contribution in [-0.4, -0.2) is 73.4 Å². The van der Waals surface area contributed by atoms with Crippen molar-refractivity contribution in [1.29, 1.82) is 0 Å². The molecule has 0 heterocycles. The summed E-state index contributed by atoms with van der Waals surface area (Å²) in [5, 5.41) is 4.58. The molecule has 2 N–H and O–H groups in total. The van der Waals surface area contributed by atoms with Gasteiger partial charge in [-0.1, -0.05) is 6.58 Å². The second kappa shape index (κ2) is 10.9. The normalized spacial score (nSPS) is 25.8. The lowest BCUT2D eigenvalue weighted by Gasteiger charge is -2.41. The number of carbonyl (C=O) groups excluding carboxylic acids is 1. The van der Waals surface area contributed by atoms with Crippen LogP contribution in [0.3, 0.4) is 0 Å². The average molecular weight is 578 g/mol. The van der Waals surface area contributed by atoms with E-state index in [-0.39, 0.29) is 31.3 Å². The maximum Gasteiger partial charge on any atom is 0.426 e. The molecule has 8 nitrogen and oxygen atoms in total. The fraction of sp³-hybridized carbons (Fsp3) is 0.850. The van der Waals surface area contributed by atoms with Crippen molar-refractivity contribution in [3.8, 4) is 0 Å². The molecule has 2 fully saturated rings. The number of hydrogen-bond acceptors (Lipinski definition) is 7. The number of carbonyl (C=O) groups is 1. The van der Waals surface area contributed by atoms with Gasteiger partial charge in [0.15, 0.2) is 6.29 Å². The van der Waals surface area contributed by atoms with Gasteiger partial charge in [-0.25, -0.2) is 4.79 Å². The first kappa shape index (κ1) is 31.7. The van der Waals surface area contributed by atoms with E-state index in [1.807, 2.05) is 0 Å². The zero-order chi connectivity index (χ0) is 28.6. The largest absolute Gasteiger partial charge is 0.462 e. The molecule has 0 amide bonds. The second-order valence-corrected chi connectivity index (χ2v) is 10.8. The minimum Gasteiger partial charge on any atom is -0.462 e. The molecule has 37 heavy (non-hydrogen) atoms. The molecule has 17 heteroatoms. The molecule has 2 aliphatic rings. The minimum absolute atomic E-state index is 0.0290. The molecular weight excluding hydrogens is 552 g/mol. The van der Waals surface area contributed by atoms with Crippen molar-refractivity contribution in [1.82, 2.24) is 0 Å². The highest BCUT2D eigenvalue weighted by atomic mass is 32.2. The summed E-state index contributed by atoms with van der Waals surface area (Å²) in [5.41, 5.74) is -5.02. The minimum atomic E-state index is -5.84. The summed E-state index contributed by atoms with van der Waals surface area (Å²) in [7, 11) is -5.73. The predicted molar refractivity (Wildman–Crippen MR) is 107 cm³/mol. The monoisotopic (exact) mass is 578 g/mol. The Labute approximate surface area is 206 Å². The highest BCUT2D eigenvalue weighted by Gasteiger charge is 2.73. The van der Waals surface area contributed by atoms with Gasteiger partial charge < -0.3 is 19.3 Å². The molecule has 2 saturated carbocycles. The second-order valence-electron chi connectivity index (χ2n) is 9.30. The lowest BCUT2D eigenvalue weighted by Crippen LogP contribution is -2.61. The Bertz CT molecular complexity index is 933. The SMILES string of the molecule is C=C(COCC(F)(F)S(=O)(=O)O)C(=O)OCC1CC2CC1CC2CC(OC(C)O)(C(F)(F)F)C(F)(F)F. The van der Waals surface area contributed by atoms with Gasteiger partial charge in [-0.05, 0) is 56.3 Å². The van der Waals surface area contributed by atoms with Crippen molar-refractivity contribution in [2.24, 2.45) is 23.7 Å². The van der Waals surface area contributed by atoms with E-state index in [1.54, 1.807) is 0 Å². The van der Waals surface area contributed by atoms with E-state index in [1.165, 1.54) is 0 Å². The van der Waals surface area contributed by atoms with Crippen LogP contribution in [-0.2, 0) is 29.1 Å². The first-order valence-corrected chi connectivity index (χ1v) is 12.3. The number of hydrogen-bond donors (Lipinski definition) is 2. The third-order valence-electron chi connectivity index (χ3n) is 6.63. The molecule has 2 aliphatic carbocycles. The number of aliphatic hydroxyl groups excluding tert-OH is 1. The van der Waals surface area contributed by atoms with Crippen LogP contribution >= 0.6 is 0 Å². The highest BCUT2D eigenvalue weighted by molar-refractivity contribution is 7.86. The smallest absolute Gasteiger partial charge is 0.426 e. The Hall–Kier alpha value is -1.56. The van der Waals surface area contributed by atoms with Crippen molar-refractivity contribution < 1.29 is 72.2 Å². The van der Waals surface area contributed by atoms with E-state index in [0.29, 0.717) is 13.3 Å². The van der Waals surface area contributed by atoms with E-state index in [4.69, 9.17) is 9.29 Å². The highest BCUT2D eigenvalue weighted by Crippen LogP contribution is 2.58. The lowest BCUT2D eigenvalue weighted by atomic mass is 9.76. The molecule has 0 saturated heterocycles.